The number of cyclic esters (lactones) is 1. The molecule has 0 saturated heterocycles. The molecular weight excluding hydrogens is 671 g/mol. The molecule has 0 saturated carbocycles. The van der Waals surface area contributed by atoms with Crippen molar-refractivity contribution in [1.82, 2.24) is 0 Å². The largest absolute Gasteiger partial charge is 0.489 e. The third-order valence-corrected chi connectivity index (χ3v) is 5.71. The maximum Gasteiger partial charge on any atom is 0.363 e. The van der Waals surface area contributed by atoms with Gasteiger partial charge < -0.3 is 9.47 Å². The molecule has 26 heavy (non-hydrogen) atoms. The number of esters is 1. The monoisotopic (exact) mass is 685 g/mol. The molecule has 1 heterocycles. The number of aliphatic imine (C=N–C) groups is 1. The number of hydrogen-bond donors (Lipinski definition) is 0. The standard InChI is InChI=1S/C19H14I3NO3/c1-10(2)25-17-14(21)7-11(8-15(17)22)9-16-19(24)26-18(23-16)12-3-5-13(20)6-4-12/h3-10H,1-2H3/b16-9-. The van der Waals surface area contributed by atoms with Gasteiger partial charge in [-0.2, -0.15) is 0 Å². The number of benzene rings is 2. The summed E-state index contributed by atoms with van der Waals surface area (Å²) in [7, 11) is 0. The molecular formula is C19H14I3NO3. The van der Waals surface area contributed by atoms with E-state index in [1.165, 1.54) is 0 Å². The van der Waals surface area contributed by atoms with E-state index in [9.17, 15) is 4.79 Å². The molecule has 4 nitrogen and oxygen atoms in total. The molecule has 0 aliphatic carbocycles. The quantitative estimate of drug-likeness (QED) is 0.238. The van der Waals surface area contributed by atoms with Crippen LogP contribution in [0.25, 0.3) is 6.08 Å². The minimum atomic E-state index is -0.439. The molecule has 0 fully saturated rings. The normalized spacial score (nSPS) is 15.4. The van der Waals surface area contributed by atoms with Crippen molar-refractivity contribution in [2.45, 2.75) is 20.0 Å². The zero-order valence-corrected chi connectivity index (χ0v) is 20.4. The Kier molecular flexibility index (Phi) is 6.59. The molecule has 7 heteroatoms. The molecule has 0 bridgehead atoms. The number of ether oxygens (including phenoxy) is 2. The number of carbonyl (C=O) groups excluding carboxylic acids is 1. The fraction of sp³-hybridized carbons (Fsp3) is 0.158. The van der Waals surface area contributed by atoms with Crippen LogP contribution in [-0.2, 0) is 9.53 Å². The molecule has 0 unspecified atom stereocenters. The van der Waals surface area contributed by atoms with Crippen LogP contribution in [0.1, 0.15) is 25.0 Å². The smallest absolute Gasteiger partial charge is 0.363 e. The Bertz CT molecular complexity index is 895. The summed E-state index contributed by atoms with van der Waals surface area (Å²) in [5.41, 5.74) is 1.96. The van der Waals surface area contributed by atoms with Crippen LogP contribution in [0.4, 0.5) is 0 Å². The van der Waals surface area contributed by atoms with Crippen molar-refractivity contribution >= 4 is 85.7 Å². The highest BCUT2D eigenvalue weighted by Crippen LogP contribution is 2.31. The molecule has 2 aromatic rings. The summed E-state index contributed by atoms with van der Waals surface area (Å²) in [6.45, 7) is 3.99. The van der Waals surface area contributed by atoms with Crippen LogP contribution in [0.15, 0.2) is 47.1 Å². The second-order valence-corrected chi connectivity index (χ2v) is 9.39. The molecule has 0 spiro atoms. The maximum absolute atomic E-state index is 12.2. The molecule has 1 aliphatic rings. The van der Waals surface area contributed by atoms with E-state index in [0.29, 0.717) is 11.6 Å². The fourth-order valence-corrected chi connectivity index (χ4v) is 4.72. The van der Waals surface area contributed by atoms with Crippen molar-refractivity contribution in [2.24, 2.45) is 4.99 Å². The molecule has 0 N–H and O–H groups in total. The number of nitrogens with zero attached hydrogens (tertiary/aromatic N) is 1. The number of rotatable bonds is 4. The summed E-state index contributed by atoms with van der Waals surface area (Å²) in [6, 6.07) is 11.6. The molecule has 0 amide bonds. The Labute approximate surface area is 192 Å². The predicted molar refractivity (Wildman–Crippen MR) is 127 cm³/mol. The van der Waals surface area contributed by atoms with E-state index in [0.717, 1.165) is 27.6 Å². The van der Waals surface area contributed by atoms with Gasteiger partial charge in [-0.25, -0.2) is 9.79 Å². The highest BCUT2D eigenvalue weighted by atomic mass is 127. The van der Waals surface area contributed by atoms with Crippen molar-refractivity contribution in [3.05, 3.63) is 63.9 Å². The first-order chi connectivity index (χ1) is 12.3. The lowest BCUT2D eigenvalue weighted by Gasteiger charge is -2.14. The second kappa shape index (κ2) is 8.55. The number of carbonyl (C=O) groups is 1. The van der Waals surface area contributed by atoms with Crippen molar-refractivity contribution in [2.75, 3.05) is 0 Å². The first kappa shape index (κ1) is 20.1. The zero-order valence-electron chi connectivity index (χ0n) is 13.9. The van der Waals surface area contributed by atoms with Crippen LogP contribution in [0, 0.1) is 10.7 Å². The molecule has 134 valence electrons. The van der Waals surface area contributed by atoms with Crippen LogP contribution in [0.5, 0.6) is 5.75 Å². The average Bonchev–Trinajstić information content (AvgIpc) is 2.92. The number of hydrogen-bond acceptors (Lipinski definition) is 4. The third kappa shape index (κ3) is 4.77. The van der Waals surface area contributed by atoms with Gasteiger partial charge in [0, 0.05) is 9.13 Å². The Hall–Kier alpha value is -0.690. The van der Waals surface area contributed by atoms with Gasteiger partial charge in [0.2, 0.25) is 5.90 Å². The second-order valence-electron chi connectivity index (χ2n) is 5.82. The fourth-order valence-electron chi connectivity index (χ4n) is 2.29. The topological polar surface area (TPSA) is 47.9 Å². The van der Waals surface area contributed by atoms with Gasteiger partial charge >= 0.3 is 5.97 Å². The van der Waals surface area contributed by atoms with Crippen LogP contribution >= 0.6 is 67.8 Å². The Morgan fingerprint density at radius 2 is 1.69 bits per heavy atom. The molecule has 1 aliphatic heterocycles. The first-order valence-corrected chi connectivity index (χ1v) is 11.0. The highest BCUT2D eigenvalue weighted by molar-refractivity contribution is 14.1. The first-order valence-electron chi connectivity index (χ1n) is 7.77. The summed E-state index contributed by atoms with van der Waals surface area (Å²) in [6.07, 6.45) is 1.85. The highest BCUT2D eigenvalue weighted by Gasteiger charge is 2.24. The lowest BCUT2D eigenvalue weighted by atomic mass is 10.2. The molecule has 0 radical (unpaired) electrons. The predicted octanol–water partition coefficient (Wildman–Crippen LogP) is 5.63. The minimum Gasteiger partial charge on any atom is -0.489 e. The van der Waals surface area contributed by atoms with Gasteiger partial charge in [-0.3, -0.25) is 0 Å². The van der Waals surface area contributed by atoms with E-state index in [4.69, 9.17) is 9.47 Å². The van der Waals surface area contributed by atoms with Crippen LogP contribution in [0.2, 0.25) is 0 Å². The van der Waals surface area contributed by atoms with Crippen molar-refractivity contribution in [3.63, 3.8) is 0 Å². The third-order valence-electron chi connectivity index (χ3n) is 3.39. The summed E-state index contributed by atoms with van der Waals surface area (Å²) in [4.78, 5) is 16.5. The SMILES string of the molecule is CC(C)Oc1c(I)cc(/C=C2\N=C(c3ccc(I)cc3)OC2=O)cc1I. The van der Waals surface area contributed by atoms with Gasteiger partial charge in [-0.15, -0.1) is 0 Å². The molecule has 0 aromatic heterocycles. The molecule has 0 atom stereocenters. The summed E-state index contributed by atoms with van der Waals surface area (Å²) in [5, 5.41) is 0. The summed E-state index contributed by atoms with van der Waals surface area (Å²) < 4.78 is 14.3. The van der Waals surface area contributed by atoms with Crippen LogP contribution in [-0.4, -0.2) is 18.0 Å². The maximum atomic E-state index is 12.2. The lowest BCUT2D eigenvalue weighted by Crippen LogP contribution is -2.08. The van der Waals surface area contributed by atoms with Crippen molar-refractivity contribution in [3.8, 4) is 5.75 Å². The summed E-state index contributed by atoms with van der Waals surface area (Å²) >= 11 is 6.71. The van der Waals surface area contributed by atoms with Gasteiger partial charge in [0.1, 0.15) is 5.75 Å². The van der Waals surface area contributed by atoms with Gasteiger partial charge in [0.15, 0.2) is 5.70 Å². The lowest BCUT2D eigenvalue weighted by molar-refractivity contribution is -0.129. The van der Waals surface area contributed by atoms with E-state index < -0.39 is 5.97 Å². The van der Waals surface area contributed by atoms with Gasteiger partial charge in [0.25, 0.3) is 0 Å². The number of halogens is 3. The molecule has 2 aromatic carbocycles. The molecule has 3 rings (SSSR count). The van der Waals surface area contributed by atoms with E-state index in [1.807, 2.05) is 50.2 Å². The van der Waals surface area contributed by atoms with E-state index in [2.05, 4.69) is 72.8 Å². The van der Waals surface area contributed by atoms with Gasteiger partial charge in [0.05, 0.1) is 13.2 Å². The Morgan fingerprint density at radius 3 is 2.27 bits per heavy atom. The van der Waals surface area contributed by atoms with E-state index in [-0.39, 0.29) is 6.10 Å². The van der Waals surface area contributed by atoms with E-state index in [1.54, 1.807) is 6.08 Å². The van der Waals surface area contributed by atoms with Crippen molar-refractivity contribution in [1.29, 1.82) is 0 Å². The summed E-state index contributed by atoms with van der Waals surface area (Å²) in [5.74, 6) is 0.758. The zero-order chi connectivity index (χ0) is 18.8. The Morgan fingerprint density at radius 1 is 1.08 bits per heavy atom. The van der Waals surface area contributed by atoms with Crippen LogP contribution < -0.4 is 4.74 Å². The van der Waals surface area contributed by atoms with E-state index >= 15 is 0 Å². The minimum absolute atomic E-state index is 0.104. The van der Waals surface area contributed by atoms with Crippen LogP contribution in [0.3, 0.4) is 0 Å². The Balaban J connectivity index is 1.92. The van der Waals surface area contributed by atoms with Crippen molar-refractivity contribution < 1.29 is 14.3 Å². The van der Waals surface area contributed by atoms with Gasteiger partial charge in [-0.05, 0) is 130 Å². The van der Waals surface area contributed by atoms with Gasteiger partial charge in [-0.1, -0.05) is 0 Å². The average molecular weight is 685 g/mol.